The van der Waals surface area contributed by atoms with E-state index >= 15 is 0 Å². The highest BCUT2D eigenvalue weighted by molar-refractivity contribution is 5.91. The number of nitrogens with two attached hydrogens (primary N) is 1. The van der Waals surface area contributed by atoms with Crippen LogP contribution in [0.15, 0.2) is 12.1 Å². The van der Waals surface area contributed by atoms with Crippen LogP contribution in [-0.2, 0) is 0 Å². The number of anilines is 1. The first-order valence-electron chi connectivity index (χ1n) is 4.78. The van der Waals surface area contributed by atoms with E-state index < -0.39 is 0 Å². The minimum atomic E-state index is -0.239. The van der Waals surface area contributed by atoms with Crippen LogP contribution in [0.3, 0.4) is 0 Å². The lowest BCUT2D eigenvalue weighted by Crippen LogP contribution is -2.20. The van der Waals surface area contributed by atoms with Gasteiger partial charge < -0.3 is 16.4 Å². The Morgan fingerprint density at radius 3 is 2.73 bits per heavy atom. The second-order valence-corrected chi connectivity index (χ2v) is 3.53. The average molecular weight is 207 g/mol. The predicted molar refractivity (Wildman–Crippen MR) is 55.4 cm³/mol. The minimum Gasteiger partial charge on any atom is -0.364 e. The molecule has 15 heavy (non-hydrogen) atoms. The van der Waals surface area contributed by atoms with Crippen molar-refractivity contribution in [3.05, 3.63) is 17.8 Å². The van der Waals surface area contributed by atoms with Crippen molar-refractivity contribution in [2.24, 2.45) is 5.73 Å². The number of nitrogens with one attached hydrogen (secondary N) is 2. The zero-order valence-corrected chi connectivity index (χ0v) is 8.40. The van der Waals surface area contributed by atoms with Crippen LogP contribution in [0.5, 0.6) is 0 Å². The summed E-state index contributed by atoms with van der Waals surface area (Å²) in [6.45, 7) is 0. The monoisotopic (exact) mass is 207 g/mol. The van der Waals surface area contributed by atoms with Crippen molar-refractivity contribution in [1.82, 2.24) is 15.5 Å². The van der Waals surface area contributed by atoms with Gasteiger partial charge in [-0.15, -0.1) is 10.2 Å². The Morgan fingerprint density at radius 1 is 1.53 bits per heavy atom. The Kier molecular flexibility index (Phi) is 2.51. The highest BCUT2D eigenvalue weighted by atomic mass is 16.1. The van der Waals surface area contributed by atoms with E-state index in [0.29, 0.717) is 17.6 Å². The molecule has 1 saturated carbocycles. The van der Waals surface area contributed by atoms with E-state index in [2.05, 4.69) is 20.8 Å². The van der Waals surface area contributed by atoms with Gasteiger partial charge in [-0.2, -0.15) is 0 Å². The van der Waals surface area contributed by atoms with Crippen LogP contribution in [0, 0.1) is 0 Å². The molecule has 1 aliphatic rings. The SMILES string of the molecule is CNC(=O)c1ccc(NC2CC2N)nn1. The molecular formula is C9H13N5O. The van der Waals surface area contributed by atoms with Crippen LogP contribution >= 0.6 is 0 Å². The number of hydrogen-bond donors (Lipinski definition) is 3. The molecule has 0 saturated heterocycles. The third-order valence-electron chi connectivity index (χ3n) is 2.30. The van der Waals surface area contributed by atoms with Gasteiger partial charge in [-0.3, -0.25) is 4.79 Å². The Bertz CT molecular complexity index is 363. The molecule has 0 spiro atoms. The van der Waals surface area contributed by atoms with Crippen molar-refractivity contribution in [3.8, 4) is 0 Å². The molecule has 1 aromatic rings. The van der Waals surface area contributed by atoms with E-state index in [1.807, 2.05) is 0 Å². The van der Waals surface area contributed by atoms with E-state index in [0.717, 1.165) is 6.42 Å². The molecule has 1 heterocycles. The molecule has 6 nitrogen and oxygen atoms in total. The van der Waals surface area contributed by atoms with Crippen LogP contribution in [0.25, 0.3) is 0 Å². The summed E-state index contributed by atoms with van der Waals surface area (Å²) in [6.07, 6.45) is 0.957. The summed E-state index contributed by atoms with van der Waals surface area (Å²) < 4.78 is 0. The topological polar surface area (TPSA) is 92.9 Å². The summed E-state index contributed by atoms with van der Waals surface area (Å²) >= 11 is 0. The van der Waals surface area contributed by atoms with Gasteiger partial charge in [0.25, 0.3) is 5.91 Å². The van der Waals surface area contributed by atoms with Gasteiger partial charge >= 0.3 is 0 Å². The fourth-order valence-corrected chi connectivity index (χ4v) is 1.23. The number of aromatic nitrogens is 2. The molecule has 6 heteroatoms. The fraction of sp³-hybridized carbons (Fsp3) is 0.444. The first-order chi connectivity index (χ1) is 7.20. The predicted octanol–water partition coefficient (Wildman–Crippen LogP) is -0.652. The van der Waals surface area contributed by atoms with Crippen molar-refractivity contribution in [2.45, 2.75) is 18.5 Å². The highest BCUT2D eigenvalue weighted by Crippen LogP contribution is 2.22. The van der Waals surface area contributed by atoms with Gasteiger partial charge in [0.05, 0.1) is 0 Å². The lowest BCUT2D eigenvalue weighted by Gasteiger charge is -2.03. The number of carbonyl (C=O) groups excluding carboxylic acids is 1. The molecule has 0 radical (unpaired) electrons. The first-order valence-corrected chi connectivity index (χ1v) is 4.78. The molecule has 0 bridgehead atoms. The Morgan fingerprint density at radius 2 is 2.27 bits per heavy atom. The van der Waals surface area contributed by atoms with Crippen LogP contribution in [-0.4, -0.2) is 35.2 Å². The lowest BCUT2D eigenvalue weighted by atomic mass is 10.3. The molecule has 4 N–H and O–H groups in total. The lowest BCUT2D eigenvalue weighted by molar-refractivity contribution is 0.0957. The van der Waals surface area contributed by atoms with Gasteiger partial charge in [-0.25, -0.2) is 0 Å². The zero-order valence-electron chi connectivity index (χ0n) is 8.40. The van der Waals surface area contributed by atoms with Gasteiger partial charge in [-0.05, 0) is 18.6 Å². The summed E-state index contributed by atoms with van der Waals surface area (Å²) in [5.74, 6) is 0.415. The molecule has 1 aliphatic carbocycles. The summed E-state index contributed by atoms with van der Waals surface area (Å²) in [5.41, 5.74) is 5.95. The number of rotatable bonds is 3. The van der Waals surface area contributed by atoms with E-state index in [1.54, 1.807) is 19.2 Å². The van der Waals surface area contributed by atoms with Gasteiger partial charge in [-0.1, -0.05) is 0 Å². The van der Waals surface area contributed by atoms with Gasteiger partial charge in [0.1, 0.15) is 5.82 Å². The van der Waals surface area contributed by atoms with E-state index in [4.69, 9.17) is 5.73 Å². The molecule has 1 fully saturated rings. The standard InChI is InChI=1S/C9H13N5O/c1-11-9(15)6-2-3-8(14-13-6)12-7-4-5(7)10/h2-3,5,7H,4,10H2,1H3,(H,11,15)(H,12,14). The zero-order chi connectivity index (χ0) is 10.8. The van der Waals surface area contributed by atoms with Crippen molar-refractivity contribution in [2.75, 3.05) is 12.4 Å². The quantitative estimate of drug-likeness (QED) is 0.612. The van der Waals surface area contributed by atoms with Crippen molar-refractivity contribution in [1.29, 1.82) is 0 Å². The second-order valence-electron chi connectivity index (χ2n) is 3.53. The Balaban J connectivity index is 2.00. The second kappa shape index (κ2) is 3.82. The van der Waals surface area contributed by atoms with Crippen LogP contribution in [0.4, 0.5) is 5.82 Å². The first kappa shape index (κ1) is 9.85. The summed E-state index contributed by atoms with van der Waals surface area (Å²) in [6, 6.07) is 3.86. The minimum absolute atomic E-state index is 0.213. The molecule has 2 unspecified atom stereocenters. The highest BCUT2D eigenvalue weighted by Gasteiger charge is 2.33. The maximum absolute atomic E-state index is 11.2. The molecule has 1 amide bonds. The van der Waals surface area contributed by atoms with Gasteiger partial charge in [0.15, 0.2) is 5.69 Å². The molecule has 0 aromatic carbocycles. The van der Waals surface area contributed by atoms with Gasteiger partial charge in [0, 0.05) is 19.1 Å². The third kappa shape index (κ3) is 2.21. The normalized spacial score (nSPS) is 23.3. The number of amides is 1. The third-order valence-corrected chi connectivity index (χ3v) is 2.30. The average Bonchev–Trinajstić information content (AvgIpc) is 2.94. The summed E-state index contributed by atoms with van der Waals surface area (Å²) in [7, 11) is 1.55. The van der Waals surface area contributed by atoms with Crippen molar-refractivity contribution < 1.29 is 4.79 Å². The molecular weight excluding hydrogens is 194 g/mol. The van der Waals surface area contributed by atoms with Crippen LogP contribution in [0.1, 0.15) is 16.9 Å². The van der Waals surface area contributed by atoms with E-state index in [1.165, 1.54) is 0 Å². The smallest absolute Gasteiger partial charge is 0.271 e. The molecule has 1 aromatic heterocycles. The van der Waals surface area contributed by atoms with E-state index in [-0.39, 0.29) is 11.9 Å². The fourth-order valence-electron chi connectivity index (χ4n) is 1.23. The van der Waals surface area contributed by atoms with Gasteiger partial charge in [0.2, 0.25) is 0 Å². The maximum atomic E-state index is 11.2. The number of hydrogen-bond acceptors (Lipinski definition) is 5. The largest absolute Gasteiger partial charge is 0.364 e. The number of nitrogens with zero attached hydrogens (tertiary/aromatic N) is 2. The summed E-state index contributed by atoms with van der Waals surface area (Å²) in [4.78, 5) is 11.2. The Hall–Kier alpha value is -1.69. The molecule has 2 rings (SSSR count). The van der Waals surface area contributed by atoms with Crippen LogP contribution in [0.2, 0.25) is 0 Å². The summed E-state index contributed by atoms with van der Waals surface area (Å²) in [5, 5.41) is 13.3. The van der Waals surface area contributed by atoms with Crippen LogP contribution < -0.4 is 16.4 Å². The van der Waals surface area contributed by atoms with E-state index in [9.17, 15) is 4.79 Å². The number of carbonyl (C=O) groups is 1. The van der Waals surface area contributed by atoms with Crippen molar-refractivity contribution >= 4 is 11.7 Å². The molecule has 2 atom stereocenters. The molecule has 0 aliphatic heterocycles. The molecule has 80 valence electrons. The Labute approximate surface area is 87.3 Å². The maximum Gasteiger partial charge on any atom is 0.271 e. The van der Waals surface area contributed by atoms with Crippen molar-refractivity contribution in [3.63, 3.8) is 0 Å².